The third-order valence-corrected chi connectivity index (χ3v) is 9.35. The molecular formula is C33H45N3O3S. The molecule has 1 atom stereocenters. The van der Waals surface area contributed by atoms with Gasteiger partial charge >= 0.3 is 5.97 Å². The Balaban J connectivity index is 1.52. The number of anilines is 1. The minimum atomic E-state index is -0.718. The molecule has 2 heterocycles. The van der Waals surface area contributed by atoms with Gasteiger partial charge in [0.2, 0.25) is 0 Å². The zero-order valence-corrected chi connectivity index (χ0v) is 25.6. The van der Waals surface area contributed by atoms with Crippen LogP contribution in [-0.2, 0) is 9.59 Å². The van der Waals surface area contributed by atoms with Gasteiger partial charge in [0.25, 0.3) is 5.91 Å². The number of carboxylic acid groups (broad SMARTS) is 1. The number of fused-ring (bicyclic) bond motifs is 1. The number of rotatable bonds is 14. The van der Waals surface area contributed by atoms with Crippen LogP contribution in [0.4, 0.5) is 5.69 Å². The molecule has 0 radical (unpaired) electrons. The van der Waals surface area contributed by atoms with E-state index in [0.717, 1.165) is 73.1 Å². The molecule has 2 N–H and O–H groups in total. The molecule has 40 heavy (non-hydrogen) atoms. The van der Waals surface area contributed by atoms with Crippen molar-refractivity contribution in [1.29, 1.82) is 5.26 Å². The van der Waals surface area contributed by atoms with E-state index < -0.39 is 5.97 Å². The van der Waals surface area contributed by atoms with Crippen LogP contribution in [-0.4, -0.2) is 36.1 Å². The Bertz CT molecular complexity index is 1250. The number of nitriles is 1. The predicted molar refractivity (Wildman–Crippen MR) is 166 cm³/mol. The Morgan fingerprint density at radius 2 is 1.77 bits per heavy atom. The lowest BCUT2D eigenvalue weighted by Crippen LogP contribution is -2.45. The van der Waals surface area contributed by atoms with E-state index in [1.165, 1.54) is 16.8 Å². The molecule has 1 aliphatic rings. The van der Waals surface area contributed by atoms with E-state index in [9.17, 15) is 14.9 Å². The van der Waals surface area contributed by atoms with Crippen LogP contribution in [0.25, 0.3) is 16.5 Å². The normalized spacial score (nSPS) is 16.4. The zero-order valence-electron chi connectivity index (χ0n) is 24.8. The highest BCUT2D eigenvalue weighted by Gasteiger charge is 2.34. The smallest absolute Gasteiger partial charge is 0.303 e. The molecule has 0 aliphatic carbocycles. The van der Waals surface area contributed by atoms with E-state index in [0.29, 0.717) is 12.5 Å². The van der Waals surface area contributed by atoms with E-state index >= 15 is 0 Å². The van der Waals surface area contributed by atoms with Gasteiger partial charge in [0.1, 0.15) is 11.6 Å². The van der Waals surface area contributed by atoms with Crippen LogP contribution < -0.4 is 10.2 Å². The molecule has 1 aliphatic heterocycles. The Morgan fingerprint density at radius 1 is 1.12 bits per heavy atom. The topological polar surface area (TPSA) is 93.4 Å². The van der Waals surface area contributed by atoms with Gasteiger partial charge in [-0.05, 0) is 86.9 Å². The van der Waals surface area contributed by atoms with Crippen molar-refractivity contribution in [3.8, 4) is 16.5 Å². The summed E-state index contributed by atoms with van der Waals surface area (Å²) in [4.78, 5) is 27.7. The van der Waals surface area contributed by atoms with Gasteiger partial charge in [-0.25, -0.2) is 0 Å². The molecule has 0 saturated heterocycles. The second-order valence-electron chi connectivity index (χ2n) is 11.8. The van der Waals surface area contributed by atoms with E-state index in [-0.39, 0.29) is 23.4 Å². The molecule has 7 heteroatoms. The number of thiophene rings is 1. The van der Waals surface area contributed by atoms with E-state index in [4.69, 9.17) is 5.11 Å². The first-order valence-electron chi connectivity index (χ1n) is 14.6. The van der Waals surface area contributed by atoms with Gasteiger partial charge in [-0.15, -0.1) is 11.3 Å². The molecule has 0 bridgehead atoms. The van der Waals surface area contributed by atoms with E-state index in [1.807, 2.05) is 6.92 Å². The maximum atomic E-state index is 12.7. The number of aryl methyl sites for hydroxylation is 1. The fourth-order valence-electron chi connectivity index (χ4n) is 5.55. The third kappa shape index (κ3) is 8.44. The summed E-state index contributed by atoms with van der Waals surface area (Å²) in [5.74, 6) is -0.557. The zero-order chi connectivity index (χ0) is 29.3. The monoisotopic (exact) mass is 563 g/mol. The van der Waals surface area contributed by atoms with Crippen molar-refractivity contribution in [3.63, 3.8) is 0 Å². The largest absolute Gasteiger partial charge is 0.481 e. The minimum absolute atomic E-state index is 0.130. The molecule has 2 aromatic rings. The highest BCUT2D eigenvalue weighted by atomic mass is 32.1. The molecular weight excluding hydrogens is 518 g/mol. The van der Waals surface area contributed by atoms with Gasteiger partial charge in [0.05, 0.1) is 0 Å². The summed E-state index contributed by atoms with van der Waals surface area (Å²) >= 11 is 1.62. The minimum Gasteiger partial charge on any atom is -0.481 e. The molecule has 1 aromatic carbocycles. The molecule has 3 rings (SSSR count). The van der Waals surface area contributed by atoms with Crippen LogP contribution in [0, 0.1) is 18.3 Å². The van der Waals surface area contributed by atoms with Gasteiger partial charge in [-0.1, -0.05) is 51.5 Å². The molecule has 1 unspecified atom stereocenters. The lowest BCUT2D eigenvalue weighted by atomic mass is 9.80. The number of hydrogen-bond acceptors (Lipinski definition) is 5. The molecule has 0 fully saturated rings. The number of carbonyl (C=O) groups is 2. The summed E-state index contributed by atoms with van der Waals surface area (Å²) in [6, 6.07) is 11.0. The van der Waals surface area contributed by atoms with Gasteiger partial charge in [0.15, 0.2) is 0 Å². The summed E-state index contributed by atoms with van der Waals surface area (Å²) < 4.78 is 0. The number of nitrogens with zero attached hydrogens (tertiary/aromatic N) is 2. The van der Waals surface area contributed by atoms with E-state index in [1.54, 1.807) is 17.4 Å². The lowest BCUT2D eigenvalue weighted by Gasteiger charge is -2.45. The lowest BCUT2D eigenvalue weighted by molar-refractivity contribution is -0.137. The molecule has 0 spiro atoms. The highest BCUT2D eigenvalue weighted by molar-refractivity contribution is 7.16. The second kappa shape index (κ2) is 14.5. The highest BCUT2D eigenvalue weighted by Crippen LogP contribution is 2.44. The summed E-state index contributed by atoms with van der Waals surface area (Å²) in [5.41, 5.74) is 5.17. The Hall–Kier alpha value is -3.11. The number of unbranched alkanes of at least 4 members (excludes halogenated alkanes) is 7. The number of nitrogens with one attached hydrogen (secondary N) is 1. The summed E-state index contributed by atoms with van der Waals surface area (Å²) in [7, 11) is 2.17. The van der Waals surface area contributed by atoms with Crippen molar-refractivity contribution >= 4 is 35.0 Å². The van der Waals surface area contributed by atoms with Crippen LogP contribution in [0.3, 0.4) is 0 Å². The van der Waals surface area contributed by atoms with Crippen LogP contribution >= 0.6 is 11.3 Å². The van der Waals surface area contributed by atoms with Crippen molar-refractivity contribution < 1.29 is 14.7 Å². The molecule has 1 amide bonds. The average molecular weight is 564 g/mol. The van der Waals surface area contributed by atoms with Crippen LogP contribution in [0.5, 0.6) is 0 Å². The SMILES string of the molecule is Cc1cc(-c2ccc3c(c2)C(C)CC(C)(C)N3C)sc1/C=C(\C#N)C(=O)NCCCCCCCCCCC(=O)O. The number of amides is 1. The number of carboxylic acids is 1. The quantitative estimate of drug-likeness (QED) is 0.138. The first-order chi connectivity index (χ1) is 19.0. The maximum Gasteiger partial charge on any atom is 0.303 e. The van der Waals surface area contributed by atoms with Crippen LogP contribution in [0.15, 0.2) is 29.8 Å². The molecule has 1 aromatic heterocycles. The van der Waals surface area contributed by atoms with Gasteiger partial charge in [0, 0.05) is 41.0 Å². The van der Waals surface area contributed by atoms with Crippen molar-refractivity contribution in [3.05, 3.63) is 45.8 Å². The molecule has 0 saturated carbocycles. The third-order valence-electron chi connectivity index (χ3n) is 8.12. The number of aliphatic carboxylic acids is 1. The molecule has 216 valence electrons. The van der Waals surface area contributed by atoms with Crippen LogP contribution in [0.2, 0.25) is 0 Å². The van der Waals surface area contributed by atoms with Crippen LogP contribution in [0.1, 0.15) is 107 Å². The fraction of sp³-hybridized carbons (Fsp3) is 0.545. The number of hydrogen-bond donors (Lipinski definition) is 2. The molecule has 6 nitrogen and oxygen atoms in total. The summed E-state index contributed by atoms with van der Waals surface area (Å²) in [6.07, 6.45) is 11.2. The summed E-state index contributed by atoms with van der Waals surface area (Å²) in [5, 5.41) is 21.2. The first-order valence-corrected chi connectivity index (χ1v) is 15.5. The second-order valence-corrected chi connectivity index (χ2v) is 12.9. The van der Waals surface area contributed by atoms with Crippen molar-refractivity contribution in [2.75, 3.05) is 18.5 Å². The van der Waals surface area contributed by atoms with Gasteiger partial charge < -0.3 is 15.3 Å². The number of carbonyl (C=O) groups excluding carboxylic acids is 1. The predicted octanol–water partition coefficient (Wildman–Crippen LogP) is 8.06. The Labute approximate surface area is 244 Å². The van der Waals surface area contributed by atoms with Gasteiger partial charge in [-0.2, -0.15) is 5.26 Å². The maximum absolute atomic E-state index is 12.7. The standard InChI is InChI=1S/C33H45N3O3S/c1-23-18-30(25-15-16-28-27(19-25)24(2)21-33(3,4)36(28)5)40-29(23)20-26(22-34)32(39)35-17-13-11-9-7-6-8-10-12-14-31(37)38/h15-16,18-20,24H,6-14,17,21H2,1-5H3,(H,35,39)(H,37,38)/b26-20+. The average Bonchev–Trinajstić information content (AvgIpc) is 3.28. The van der Waals surface area contributed by atoms with E-state index in [2.05, 4.69) is 68.4 Å². The van der Waals surface area contributed by atoms with Gasteiger partial charge in [-0.3, -0.25) is 9.59 Å². The van der Waals surface area contributed by atoms with Crippen molar-refractivity contribution in [2.45, 2.75) is 103 Å². The fourth-order valence-corrected chi connectivity index (χ4v) is 6.66. The van der Waals surface area contributed by atoms with Crippen molar-refractivity contribution in [1.82, 2.24) is 5.32 Å². The van der Waals surface area contributed by atoms with Crippen molar-refractivity contribution in [2.24, 2.45) is 0 Å². The summed E-state index contributed by atoms with van der Waals surface area (Å²) in [6.45, 7) is 9.48. The Morgan fingerprint density at radius 3 is 2.42 bits per heavy atom. The first kappa shape index (κ1) is 31.4. The number of benzene rings is 1. The Kier molecular flexibility index (Phi) is 11.4.